The molecular formula is C12H17N7O2. The molecule has 0 bridgehead atoms. The monoisotopic (exact) mass is 291 g/mol. The predicted molar refractivity (Wildman–Crippen MR) is 77.3 cm³/mol. The molecule has 0 aliphatic carbocycles. The fourth-order valence-electron chi connectivity index (χ4n) is 1.66. The highest BCUT2D eigenvalue weighted by molar-refractivity contribution is 5.97. The van der Waals surface area contributed by atoms with E-state index in [1.165, 1.54) is 6.20 Å². The minimum Gasteiger partial charge on any atom is -0.395 e. The van der Waals surface area contributed by atoms with Gasteiger partial charge in [0.25, 0.3) is 5.91 Å². The summed E-state index contributed by atoms with van der Waals surface area (Å²) >= 11 is 0. The quantitative estimate of drug-likeness (QED) is 0.562. The fraction of sp³-hybridized carbons (Fsp3) is 0.333. The lowest BCUT2D eigenvalue weighted by Gasteiger charge is -2.09. The number of anilines is 3. The number of carbonyl (C=O) groups excluding carboxylic acids is 1. The molecule has 0 spiro atoms. The molecule has 9 heteroatoms. The minimum atomic E-state index is -0.638. The SMILES string of the molecule is CCn1cc(Nc2ncc(C(N)=O)c(NCCO)n2)cn1. The number of hydrogen-bond donors (Lipinski definition) is 4. The van der Waals surface area contributed by atoms with Crippen molar-refractivity contribution in [1.82, 2.24) is 19.7 Å². The van der Waals surface area contributed by atoms with Crippen LogP contribution in [0.25, 0.3) is 0 Å². The van der Waals surface area contributed by atoms with E-state index in [4.69, 9.17) is 10.8 Å². The third-order valence-electron chi connectivity index (χ3n) is 2.67. The number of carbonyl (C=O) groups is 1. The van der Waals surface area contributed by atoms with E-state index in [0.29, 0.717) is 5.95 Å². The number of amides is 1. The Balaban J connectivity index is 2.21. The first-order chi connectivity index (χ1) is 10.1. The Morgan fingerprint density at radius 1 is 1.48 bits per heavy atom. The number of aryl methyl sites for hydroxylation is 1. The van der Waals surface area contributed by atoms with E-state index in [1.54, 1.807) is 10.9 Å². The number of nitrogens with zero attached hydrogens (tertiary/aromatic N) is 4. The van der Waals surface area contributed by atoms with Crippen LogP contribution in [0, 0.1) is 0 Å². The summed E-state index contributed by atoms with van der Waals surface area (Å²) in [5, 5.41) is 18.8. The molecule has 2 aromatic heterocycles. The average molecular weight is 291 g/mol. The first-order valence-electron chi connectivity index (χ1n) is 6.45. The third kappa shape index (κ3) is 3.66. The first kappa shape index (κ1) is 14.7. The molecule has 0 fully saturated rings. The van der Waals surface area contributed by atoms with Crippen LogP contribution in [0.4, 0.5) is 17.5 Å². The second kappa shape index (κ2) is 6.66. The van der Waals surface area contributed by atoms with Crippen LogP contribution in [0.5, 0.6) is 0 Å². The normalized spacial score (nSPS) is 10.4. The molecule has 0 aliphatic rings. The van der Waals surface area contributed by atoms with E-state index < -0.39 is 5.91 Å². The Hall–Kier alpha value is -2.68. The summed E-state index contributed by atoms with van der Waals surface area (Å²) in [5.74, 6) is -0.0613. The van der Waals surface area contributed by atoms with Crippen molar-refractivity contribution in [3.05, 3.63) is 24.2 Å². The maximum Gasteiger partial charge on any atom is 0.254 e. The topological polar surface area (TPSA) is 131 Å². The number of hydrogen-bond acceptors (Lipinski definition) is 7. The number of rotatable bonds is 7. The number of aromatic nitrogens is 4. The van der Waals surface area contributed by atoms with Gasteiger partial charge in [-0.05, 0) is 6.92 Å². The van der Waals surface area contributed by atoms with Gasteiger partial charge in [0.1, 0.15) is 5.82 Å². The Bertz CT molecular complexity index is 626. The second-order valence-electron chi connectivity index (χ2n) is 4.18. The number of nitrogens with one attached hydrogen (secondary N) is 2. The minimum absolute atomic E-state index is 0.0891. The molecule has 2 aromatic rings. The Morgan fingerprint density at radius 3 is 2.90 bits per heavy atom. The third-order valence-corrected chi connectivity index (χ3v) is 2.67. The summed E-state index contributed by atoms with van der Waals surface area (Å²) in [6.45, 7) is 2.90. The molecule has 2 heterocycles. The maximum atomic E-state index is 11.3. The largest absolute Gasteiger partial charge is 0.395 e. The summed E-state index contributed by atoms with van der Waals surface area (Å²) in [6, 6.07) is 0. The van der Waals surface area contributed by atoms with E-state index in [0.717, 1.165) is 12.2 Å². The van der Waals surface area contributed by atoms with E-state index in [9.17, 15) is 4.79 Å². The standard InChI is InChI=1S/C12H17N7O2/c1-2-19-7-8(5-16-19)17-12-15-6-9(10(13)21)11(18-12)14-3-4-20/h5-7,20H,2-4H2,1H3,(H2,13,21)(H2,14,15,17,18). The Labute approximate surface area is 121 Å². The zero-order chi connectivity index (χ0) is 15.2. The summed E-state index contributed by atoms with van der Waals surface area (Å²) < 4.78 is 1.75. The van der Waals surface area contributed by atoms with E-state index in [1.807, 2.05) is 13.1 Å². The van der Waals surface area contributed by atoms with Gasteiger partial charge >= 0.3 is 0 Å². The van der Waals surface area contributed by atoms with Crippen LogP contribution in [-0.4, -0.2) is 43.9 Å². The van der Waals surface area contributed by atoms with Crippen LogP contribution in [0.15, 0.2) is 18.6 Å². The zero-order valence-electron chi connectivity index (χ0n) is 11.6. The van der Waals surface area contributed by atoms with E-state index in [2.05, 4.69) is 25.7 Å². The van der Waals surface area contributed by atoms with Gasteiger partial charge in [-0.1, -0.05) is 0 Å². The van der Waals surface area contributed by atoms with Crippen molar-refractivity contribution >= 4 is 23.4 Å². The fourth-order valence-corrected chi connectivity index (χ4v) is 1.66. The molecule has 112 valence electrons. The molecule has 1 amide bonds. The first-order valence-corrected chi connectivity index (χ1v) is 6.45. The smallest absolute Gasteiger partial charge is 0.254 e. The van der Waals surface area contributed by atoms with Gasteiger partial charge in [0.05, 0.1) is 24.1 Å². The lowest BCUT2D eigenvalue weighted by molar-refractivity contribution is 0.100. The highest BCUT2D eigenvalue weighted by atomic mass is 16.3. The van der Waals surface area contributed by atoms with Gasteiger partial charge < -0.3 is 21.5 Å². The highest BCUT2D eigenvalue weighted by Gasteiger charge is 2.12. The lowest BCUT2D eigenvalue weighted by atomic mass is 10.3. The van der Waals surface area contributed by atoms with Crippen LogP contribution < -0.4 is 16.4 Å². The van der Waals surface area contributed by atoms with Crippen LogP contribution in [0.1, 0.15) is 17.3 Å². The molecule has 0 aliphatic heterocycles. The van der Waals surface area contributed by atoms with Crippen LogP contribution in [0.3, 0.4) is 0 Å². The predicted octanol–water partition coefficient (Wildman–Crippen LogP) is -0.0603. The van der Waals surface area contributed by atoms with Crippen molar-refractivity contribution in [3.8, 4) is 0 Å². The Morgan fingerprint density at radius 2 is 2.29 bits per heavy atom. The Kier molecular flexibility index (Phi) is 4.67. The molecule has 5 N–H and O–H groups in total. The van der Waals surface area contributed by atoms with Gasteiger partial charge in [0, 0.05) is 25.5 Å². The van der Waals surface area contributed by atoms with Gasteiger partial charge in [-0.15, -0.1) is 0 Å². The van der Waals surface area contributed by atoms with Crippen LogP contribution in [-0.2, 0) is 6.54 Å². The van der Waals surface area contributed by atoms with Crippen molar-refractivity contribution in [3.63, 3.8) is 0 Å². The molecule has 0 saturated carbocycles. The van der Waals surface area contributed by atoms with Gasteiger partial charge in [0.2, 0.25) is 5.95 Å². The van der Waals surface area contributed by atoms with Crippen molar-refractivity contribution in [2.45, 2.75) is 13.5 Å². The number of aliphatic hydroxyl groups excluding tert-OH is 1. The summed E-state index contributed by atoms with van der Waals surface area (Å²) in [5.41, 5.74) is 6.15. The van der Waals surface area contributed by atoms with Crippen molar-refractivity contribution in [2.24, 2.45) is 5.73 Å². The number of aliphatic hydroxyl groups is 1. The molecule has 0 saturated heterocycles. The summed E-state index contributed by atoms with van der Waals surface area (Å²) in [7, 11) is 0. The molecule has 0 atom stereocenters. The van der Waals surface area contributed by atoms with Crippen LogP contribution >= 0.6 is 0 Å². The summed E-state index contributed by atoms with van der Waals surface area (Å²) in [6.07, 6.45) is 4.80. The average Bonchev–Trinajstić information content (AvgIpc) is 2.92. The highest BCUT2D eigenvalue weighted by Crippen LogP contribution is 2.16. The molecule has 0 radical (unpaired) electrons. The van der Waals surface area contributed by atoms with Gasteiger partial charge in [0.15, 0.2) is 0 Å². The zero-order valence-corrected chi connectivity index (χ0v) is 11.6. The lowest BCUT2D eigenvalue weighted by Crippen LogP contribution is -2.18. The number of nitrogens with two attached hydrogens (primary N) is 1. The molecule has 9 nitrogen and oxygen atoms in total. The van der Waals surface area contributed by atoms with Crippen molar-refractivity contribution < 1.29 is 9.90 Å². The van der Waals surface area contributed by atoms with Crippen LogP contribution in [0.2, 0.25) is 0 Å². The molecule has 0 aromatic carbocycles. The van der Waals surface area contributed by atoms with Gasteiger partial charge in [-0.3, -0.25) is 9.48 Å². The van der Waals surface area contributed by atoms with Crippen molar-refractivity contribution in [2.75, 3.05) is 23.8 Å². The van der Waals surface area contributed by atoms with E-state index >= 15 is 0 Å². The second-order valence-corrected chi connectivity index (χ2v) is 4.18. The van der Waals surface area contributed by atoms with E-state index in [-0.39, 0.29) is 24.5 Å². The molecule has 21 heavy (non-hydrogen) atoms. The van der Waals surface area contributed by atoms with Crippen molar-refractivity contribution in [1.29, 1.82) is 0 Å². The van der Waals surface area contributed by atoms with Gasteiger partial charge in [-0.2, -0.15) is 10.1 Å². The maximum absolute atomic E-state index is 11.3. The number of primary amides is 1. The molecule has 0 unspecified atom stereocenters. The summed E-state index contributed by atoms with van der Waals surface area (Å²) in [4.78, 5) is 19.5. The van der Waals surface area contributed by atoms with Gasteiger partial charge in [-0.25, -0.2) is 4.98 Å². The molecular weight excluding hydrogens is 274 g/mol. The molecule has 2 rings (SSSR count).